The third kappa shape index (κ3) is 9.43. The van der Waals surface area contributed by atoms with Crippen molar-refractivity contribution in [2.45, 2.75) is 90.4 Å². The van der Waals surface area contributed by atoms with Crippen LogP contribution in [0.25, 0.3) is 0 Å². The van der Waals surface area contributed by atoms with Gasteiger partial charge in [0.2, 0.25) is 0 Å². The van der Waals surface area contributed by atoms with Gasteiger partial charge in [-0.05, 0) is 31.1 Å². The topological polar surface area (TPSA) is 54.4 Å². The van der Waals surface area contributed by atoms with Crippen molar-refractivity contribution >= 4 is 11.8 Å². The third-order valence-electron chi connectivity index (χ3n) is 4.99. The lowest BCUT2D eigenvalue weighted by atomic mass is 9.86. The highest BCUT2D eigenvalue weighted by Gasteiger charge is 2.26. The molecule has 0 aromatic heterocycles. The van der Waals surface area contributed by atoms with Crippen LogP contribution in [0, 0.1) is 23.7 Å². The van der Waals surface area contributed by atoms with E-state index < -0.39 is 5.97 Å². The van der Waals surface area contributed by atoms with E-state index in [-0.39, 0.29) is 0 Å². The average molecular weight is 320 g/mol. The first-order valence-electron chi connectivity index (χ1n) is 9.37. The van der Waals surface area contributed by atoms with Crippen LogP contribution in [0.5, 0.6) is 0 Å². The molecule has 0 unspecified atom stereocenters. The lowest BCUT2D eigenvalue weighted by Crippen LogP contribution is -2.10. The Balaban J connectivity index is 2.15. The summed E-state index contributed by atoms with van der Waals surface area (Å²) >= 11 is 0. The van der Waals surface area contributed by atoms with Gasteiger partial charge in [-0.15, -0.1) is 0 Å². The first kappa shape index (κ1) is 19.7. The number of Topliss-reactive ketones (excluding diaryl/α,β-unsaturated/α-hetero) is 1. The number of ketones is 1. The monoisotopic (exact) mass is 320 g/mol. The van der Waals surface area contributed by atoms with Crippen molar-refractivity contribution in [1.29, 1.82) is 0 Å². The smallest absolute Gasteiger partial charge is 0.381 e. The van der Waals surface area contributed by atoms with E-state index in [2.05, 4.69) is 18.8 Å². The van der Waals surface area contributed by atoms with Crippen LogP contribution in [0.15, 0.2) is 0 Å². The van der Waals surface area contributed by atoms with Gasteiger partial charge in [0.25, 0.3) is 0 Å². The molecule has 23 heavy (non-hydrogen) atoms. The van der Waals surface area contributed by atoms with E-state index in [9.17, 15) is 9.59 Å². The average Bonchev–Trinajstić information content (AvgIpc) is 2.96. The van der Waals surface area contributed by atoms with Crippen LogP contribution in [-0.4, -0.2) is 16.9 Å². The molecule has 1 aliphatic rings. The van der Waals surface area contributed by atoms with Crippen molar-refractivity contribution < 1.29 is 14.7 Å². The summed E-state index contributed by atoms with van der Waals surface area (Å²) in [5, 5.41) is 8.45. The molecule has 0 bridgehead atoms. The maximum absolute atomic E-state index is 11.9. The number of carboxylic acids is 1. The molecule has 0 radical (unpaired) electrons. The number of aliphatic carboxylic acids is 1. The van der Waals surface area contributed by atoms with E-state index in [0.717, 1.165) is 50.4 Å². The SMILES string of the molecule is CCCCCC(=O)CC[C@H]1CCC[C@@H]1CCCCC#CC(=O)O. The van der Waals surface area contributed by atoms with Crippen molar-refractivity contribution in [2.75, 3.05) is 0 Å². The molecule has 3 heteroatoms. The molecule has 0 aliphatic heterocycles. The molecular formula is C20H32O3. The zero-order valence-corrected chi connectivity index (χ0v) is 14.6. The highest BCUT2D eigenvalue weighted by Crippen LogP contribution is 2.38. The summed E-state index contributed by atoms with van der Waals surface area (Å²) in [7, 11) is 0. The van der Waals surface area contributed by atoms with Gasteiger partial charge in [0.15, 0.2) is 0 Å². The van der Waals surface area contributed by atoms with Crippen LogP contribution in [-0.2, 0) is 9.59 Å². The minimum Gasteiger partial charge on any atom is -0.472 e. The number of unbranched alkanes of at least 4 members (excludes halogenated alkanes) is 4. The van der Waals surface area contributed by atoms with E-state index in [1.54, 1.807) is 0 Å². The van der Waals surface area contributed by atoms with Gasteiger partial charge >= 0.3 is 5.97 Å². The highest BCUT2D eigenvalue weighted by molar-refractivity contribution is 5.86. The van der Waals surface area contributed by atoms with Crippen LogP contribution in [0.1, 0.15) is 90.4 Å². The third-order valence-corrected chi connectivity index (χ3v) is 4.99. The van der Waals surface area contributed by atoms with Gasteiger partial charge in [0.05, 0.1) is 0 Å². The molecule has 0 aromatic rings. The summed E-state index contributed by atoms with van der Waals surface area (Å²) in [5.74, 6) is 5.77. The fraction of sp³-hybridized carbons (Fsp3) is 0.800. The molecule has 130 valence electrons. The summed E-state index contributed by atoms with van der Waals surface area (Å²) in [6, 6.07) is 0. The van der Waals surface area contributed by atoms with Crippen LogP contribution in [0.4, 0.5) is 0 Å². The maximum atomic E-state index is 11.9. The van der Waals surface area contributed by atoms with E-state index in [4.69, 9.17) is 5.11 Å². The molecule has 2 atom stereocenters. The molecule has 0 heterocycles. The molecule has 1 rings (SSSR count). The van der Waals surface area contributed by atoms with Crippen LogP contribution in [0.2, 0.25) is 0 Å². The van der Waals surface area contributed by atoms with Crippen molar-refractivity contribution in [3.63, 3.8) is 0 Å². The molecule has 1 N–H and O–H groups in total. The van der Waals surface area contributed by atoms with Gasteiger partial charge in [-0.25, -0.2) is 4.79 Å². The van der Waals surface area contributed by atoms with Gasteiger partial charge in [-0.2, -0.15) is 0 Å². The summed E-state index contributed by atoms with van der Waals surface area (Å²) < 4.78 is 0. The second kappa shape index (κ2) is 12.2. The predicted molar refractivity (Wildman–Crippen MR) is 93.1 cm³/mol. The molecular weight excluding hydrogens is 288 g/mol. The van der Waals surface area contributed by atoms with E-state index in [0.29, 0.717) is 12.2 Å². The standard InChI is InChI=1S/C20H32O3/c1-2-3-6-13-19(21)16-15-18-12-9-11-17(18)10-7-4-5-8-14-20(22)23/h17-18H,2-7,9-13,15-16H2,1H3,(H,22,23)/t17-,18+/m0/s1. The van der Waals surface area contributed by atoms with Crippen molar-refractivity contribution in [1.82, 2.24) is 0 Å². The molecule has 0 aromatic carbocycles. The van der Waals surface area contributed by atoms with Gasteiger partial charge in [-0.1, -0.05) is 57.8 Å². The fourth-order valence-corrected chi connectivity index (χ4v) is 3.68. The Morgan fingerprint density at radius 3 is 2.43 bits per heavy atom. The van der Waals surface area contributed by atoms with Crippen LogP contribution < -0.4 is 0 Å². The summed E-state index contributed by atoms with van der Waals surface area (Å²) in [6.07, 6.45) is 13.9. The Morgan fingerprint density at radius 1 is 1.00 bits per heavy atom. The number of carboxylic acid groups (broad SMARTS) is 1. The van der Waals surface area contributed by atoms with Gasteiger partial charge in [0.1, 0.15) is 5.78 Å². The van der Waals surface area contributed by atoms with E-state index in [1.807, 2.05) is 0 Å². The Hall–Kier alpha value is -1.30. The molecule has 0 saturated heterocycles. The highest BCUT2D eigenvalue weighted by atomic mass is 16.4. The zero-order valence-electron chi connectivity index (χ0n) is 14.6. The molecule has 1 fully saturated rings. The van der Waals surface area contributed by atoms with Gasteiger partial charge in [-0.3, -0.25) is 4.79 Å². The number of hydrogen-bond donors (Lipinski definition) is 1. The van der Waals surface area contributed by atoms with Crippen molar-refractivity contribution in [3.8, 4) is 11.8 Å². The van der Waals surface area contributed by atoms with Crippen LogP contribution >= 0.6 is 0 Å². The second-order valence-electron chi connectivity index (χ2n) is 6.84. The normalized spacial score (nSPS) is 20.0. The zero-order chi connectivity index (χ0) is 16.9. The van der Waals surface area contributed by atoms with Crippen LogP contribution in [0.3, 0.4) is 0 Å². The Morgan fingerprint density at radius 2 is 1.74 bits per heavy atom. The summed E-state index contributed by atoms with van der Waals surface area (Å²) in [4.78, 5) is 22.2. The lowest BCUT2D eigenvalue weighted by molar-refractivity contribution is -0.130. The predicted octanol–water partition coefficient (Wildman–Crippen LogP) is 4.98. The maximum Gasteiger partial charge on any atom is 0.381 e. The van der Waals surface area contributed by atoms with Gasteiger partial charge < -0.3 is 5.11 Å². The molecule has 1 saturated carbocycles. The van der Waals surface area contributed by atoms with E-state index in [1.165, 1.54) is 38.5 Å². The van der Waals surface area contributed by atoms with Crippen molar-refractivity contribution in [3.05, 3.63) is 0 Å². The number of rotatable bonds is 11. The summed E-state index contributed by atoms with van der Waals surface area (Å²) in [5.41, 5.74) is 0. The minimum atomic E-state index is -1.04. The number of carbonyl (C=O) groups is 2. The quantitative estimate of drug-likeness (QED) is 0.431. The number of hydrogen-bond acceptors (Lipinski definition) is 2. The second-order valence-corrected chi connectivity index (χ2v) is 6.84. The fourth-order valence-electron chi connectivity index (χ4n) is 3.68. The Kier molecular flexibility index (Phi) is 10.4. The first-order chi connectivity index (χ1) is 11.1. The molecule has 3 nitrogen and oxygen atoms in total. The molecule has 0 spiro atoms. The van der Waals surface area contributed by atoms with E-state index >= 15 is 0 Å². The largest absolute Gasteiger partial charge is 0.472 e. The Labute approximate surface area is 141 Å². The Bertz CT molecular complexity index is 416. The molecule has 1 aliphatic carbocycles. The van der Waals surface area contributed by atoms with Crippen molar-refractivity contribution in [2.24, 2.45) is 11.8 Å². The lowest BCUT2D eigenvalue weighted by Gasteiger charge is -2.19. The first-order valence-corrected chi connectivity index (χ1v) is 9.37. The number of carbonyl (C=O) groups excluding carboxylic acids is 1. The summed E-state index contributed by atoms with van der Waals surface area (Å²) in [6.45, 7) is 2.17. The minimum absolute atomic E-state index is 0.452. The van der Waals surface area contributed by atoms with Gasteiger partial charge in [0, 0.05) is 25.2 Å². The molecule has 0 amide bonds.